The van der Waals surface area contributed by atoms with Crippen molar-refractivity contribution in [3.8, 4) is 40.1 Å². The summed E-state index contributed by atoms with van der Waals surface area (Å²) in [4.78, 5) is 13.7. The number of hydrogen-bond acceptors (Lipinski definition) is 16. The predicted octanol–water partition coefficient (Wildman–Crippen LogP) is -2.04. The summed E-state index contributed by atoms with van der Waals surface area (Å²) in [5, 5.41) is 101. The molecule has 0 aliphatic carbocycles. The molecule has 2 saturated heterocycles. The first-order valence-corrected chi connectivity index (χ1v) is 13.0. The highest BCUT2D eigenvalue weighted by Gasteiger charge is 2.45. The highest BCUT2D eigenvalue weighted by molar-refractivity contribution is 5.88. The van der Waals surface area contributed by atoms with E-state index in [-0.39, 0.29) is 22.7 Å². The van der Waals surface area contributed by atoms with Crippen LogP contribution in [-0.2, 0) is 9.47 Å². The van der Waals surface area contributed by atoms with Crippen molar-refractivity contribution in [2.75, 3.05) is 6.61 Å². The van der Waals surface area contributed by atoms with E-state index < -0.39 is 102 Å². The maximum atomic E-state index is 13.7. The first-order valence-electron chi connectivity index (χ1n) is 13.0. The minimum atomic E-state index is -1.83. The van der Waals surface area contributed by atoms with E-state index in [0.29, 0.717) is 0 Å². The average molecular weight is 611 g/mol. The van der Waals surface area contributed by atoms with Crippen LogP contribution in [0.1, 0.15) is 6.92 Å². The predicted molar refractivity (Wildman–Crippen MR) is 140 cm³/mol. The number of rotatable bonds is 6. The molecule has 1 unspecified atom stereocenters. The molecule has 10 N–H and O–H groups in total. The second-order valence-electron chi connectivity index (χ2n) is 10.2. The van der Waals surface area contributed by atoms with Crippen LogP contribution >= 0.6 is 0 Å². The second-order valence-corrected chi connectivity index (χ2v) is 10.2. The van der Waals surface area contributed by atoms with Gasteiger partial charge in [-0.2, -0.15) is 0 Å². The van der Waals surface area contributed by atoms with Crippen molar-refractivity contribution >= 4 is 11.0 Å². The summed E-state index contributed by atoms with van der Waals surface area (Å²) in [6.07, 6.45) is -15.9. The smallest absolute Gasteiger partial charge is 0.239 e. The van der Waals surface area contributed by atoms with Crippen molar-refractivity contribution in [1.82, 2.24) is 0 Å². The molecule has 5 rings (SSSR count). The molecule has 2 aromatic carbocycles. The molecule has 43 heavy (non-hydrogen) atoms. The van der Waals surface area contributed by atoms with E-state index in [1.807, 2.05) is 0 Å². The number of ether oxygens (including phenoxy) is 4. The van der Waals surface area contributed by atoms with E-state index in [1.165, 1.54) is 13.0 Å². The van der Waals surface area contributed by atoms with Crippen LogP contribution in [0, 0.1) is 0 Å². The standard InChI is InChI=1S/C27H30O16/c1-8-17(32)20(35)22(37)26(39-8)43-25-19(34)16-13(31)5-10(40-27-23(38)21(36)18(33)15(7-28)42-27)6-14(16)41-24(25)9-2-3-11(29)12(30)4-9/h2-6,8,15,17-18,20-23,26-33,35-38H,7H2,1H3/t8-,15+,17-,18+,20+,21-,22+,23+,26+,27?/m0/s1. The van der Waals surface area contributed by atoms with E-state index in [2.05, 4.69) is 0 Å². The molecule has 2 aliphatic heterocycles. The third-order valence-corrected chi connectivity index (χ3v) is 7.29. The first-order chi connectivity index (χ1) is 20.3. The largest absolute Gasteiger partial charge is 0.507 e. The molecule has 16 nitrogen and oxygen atoms in total. The molecule has 0 amide bonds. The topological polar surface area (TPSA) is 269 Å². The van der Waals surface area contributed by atoms with Crippen LogP contribution in [0.3, 0.4) is 0 Å². The highest BCUT2D eigenvalue weighted by atomic mass is 16.7. The van der Waals surface area contributed by atoms with E-state index in [4.69, 9.17) is 23.4 Å². The van der Waals surface area contributed by atoms with Crippen LogP contribution in [-0.4, -0.2) is 119 Å². The monoisotopic (exact) mass is 610 g/mol. The van der Waals surface area contributed by atoms with Crippen molar-refractivity contribution < 1.29 is 74.4 Å². The van der Waals surface area contributed by atoms with E-state index in [9.17, 15) is 55.9 Å². The van der Waals surface area contributed by atoms with Crippen molar-refractivity contribution in [2.24, 2.45) is 0 Å². The van der Waals surface area contributed by atoms with Gasteiger partial charge in [0, 0.05) is 17.7 Å². The van der Waals surface area contributed by atoms with Crippen LogP contribution < -0.4 is 14.9 Å². The van der Waals surface area contributed by atoms with E-state index in [1.54, 1.807) is 0 Å². The quantitative estimate of drug-likeness (QED) is 0.135. The molecule has 16 heteroatoms. The van der Waals surface area contributed by atoms with Gasteiger partial charge in [-0.05, 0) is 25.1 Å². The van der Waals surface area contributed by atoms with Crippen molar-refractivity contribution in [1.29, 1.82) is 0 Å². The molecule has 3 aromatic rings. The minimum absolute atomic E-state index is 0.0250. The number of hydrogen-bond donors (Lipinski definition) is 10. The fraction of sp³-hybridized carbons (Fsp3) is 0.444. The Labute approximate surface area is 241 Å². The number of phenolic OH excluding ortho intramolecular Hbond substituents is 3. The number of aliphatic hydroxyl groups excluding tert-OH is 7. The summed E-state index contributed by atoms with van der Waals surface area (Å²) in [6, 6.07) is 5.42. The lowest BCUT2D eigenvalue weighted by Crippen LogP contribution is -2.60. The van der Waals surface area contributed by atoms with Gasteiger partial charge in [-0.1, -0.05) is 0 Å². The highest BCUT2D eigenvalue weighted by Crippen LogP contribution is 2.40. The number of aromatic hydroxyl groups is 3. The van der Waals surface area contributed by atoms with E-state index in [0.717, 1.165) is 24.3 Å². The summed E-state index contributed by atoms with van der Waals surface area (Å²) >= 11 is 0. The summed E-state index contributed by atoms with van der Waals surface area (Å²) in [7, 11) is 0. The van der Waals surface area contributed by atoms with Gasteiger partial charge in [0.25, 0.3) is 0 Å². The van der Waals surface area contributed by atoms with Crippen LogP contribution in [0.15, 0.2) is 39.5 Å². The molecule has 2 fully saturated rings. The Morgan fingerprint density at radius 3 is 2.05 bits per heavy atom. The van der Waals surface area contributed by atoms with Gasteiger partial charge in [0.1, 0.15) is 65.2 Å². The second kappa shape index (κ2) is 11.8. The lowest BCUT2D eigenvalue weighted by Gasteiger charge is -2.39. The van der Waals surface area contributed by atoms with Gasteiger partial charge in [-0.15, -0.1) is 0 Å². The Bertz CT molecular complexity index is 1540. The van der Waals surface area contributed by atoms with Crippen LogP contribution in [0.5, 0.6) is 28.7 Å². The first kappa shape index (κ1) is 30.7. The average Bonchev–Trinajstić information content (AvgIpc) is 2.97. The van der Waals surface area contributed by atoms with Crippen LogP contribution in [0.25, 0.3) is 22.3 Å². The normalized spacial score (nSPS) is 32.9. The van der Waals surface area contributed by atoms with Gasteiger partial charge in [0.2, 0.25) is 23.8 Å². The maximum absolute atomic E-state index is 13.7. The zero-order valence-electron chi connectivity index (χ0n) is 22.3. The molecular formula is C27H30O16. The van der Waals surface area contributed by atoms with Gasteiger partial charge >= 0.3 is 0 Å². The number of phenols is 3. The van der Waals surface area contributed by atoms with Crippen molar-refractivity contribution in [2.45, 2.75) is 68.3 Å². The molecular weight excluding hydrogens is 580 g/mol. The molecule has 0 bridgehead atoms. The molecule has 3 heterocycles. The number of benzene rings is 2. The molecule has 1 aromatic heterocycles. The van der Waals surface area contributed by atoms with Gasteiger partial charge in [0.05, 0.1) is 12.7 Å². The number of aliphatic hydroxyl groups is 7. The van der Waals surface area contributed by atoms with Crippen LogP contribution in [0.2, 0.25) is 0 Å². The third kappa shape index (κ3) is 5.55. The van der Waals surface area contributed by atoms with Crippen molar-refractivity contribution in [3.05, 3.63) is 40.6 Å². The Balaban J connectivity index is 1.60. The lowest BCUT2D eigenvalue weighted by molar-refractivity contribution is -0.277. The Morgan fingerprint density at radius 2 is 1.40 bits per heavy atom. The molecule has 10 atom stereocenters. The summed E-state index contributed by atoms with van der Waals surface area (Å²) in [5.41, 5.74) is -1.36. The summed E-state index contributed by atoms with van der Waals surface area (Å²) in [6.45, 7) is 0.670. The van der Waals surface area contributed by atoms with Gasteiger partial charge in [-0.25, -0.2) is 0 Å². The molecule has 0 spiro atoms. The summed E-state index contributed by atoms with van der Waals surface area (Å²) < 4.78 is 27.8. The zero-order chi connectivity index (χ0) is 31.3. The Morgan fingerprint density at radius 1 is 0.744 bits per heavy atom. The fourth-order valence-electron chi connectivity index (χ4n) is 4.81. The molecule has 234 valence electrons. The summed E-state index contributed by atoms with van der Waals surface area (Å²) in [5.74, 6) is -3.10. The third-order valence-electron chi connectivity index (χ3n) is 7.29. The van der Waals surface area contributed by atoms with Gasteiger partial charge < -0.3 is 74.4 Å². The Hall–Kier alpha value is -3.71. The fourth-order valence-corrected chi connectivity index (χ4v) is 4.81. The molecule has 2 aliphatic rings. The van der Waals surface area contributed by atoms with Gasteiger partial charge in [0.15, 0.2) is 17.3 Å². The Kier molecular flexibility index (Phi) is 8.41. The zero-order valence-corrected chi connectivity index (χ0v) is 22.3. The van der Waals surface area contributed by atoms with Gasteiger partial charge in [-0.3, -0.25) is 4.79 Å². The molecule has 0 saturated carbocycles. The van der Waals surface area contributed by atoms with Crippen LogP contribution in [0.4, 0.5) is 0 Å². The minimum Gasteiger partial charge on any atom is -0.507 e. The molecule has 0 radical (unpaired) electrons. The maximum Gasteiger partial charge on any atom is 0.239 e. The number of fused-ring (bicyclic) bond motifs is 1. The van der Waals surface area contributed by atoms with Crippen molar-refractivity contribution in [3.63, 3.8) is 0 Å². The van der Waals surface area contributed by atoms with E-state index >= 15 is 0 Å². The SMILES string of the molecule is C[C@@H]1O[C@H](Oc2c(-c3ccc(O)c(O)c3)oc3cc(OC4O[C@H](CO)[C@@H](O)[C@H](O)[C@H]4O)cc(O)c3c2=O)[C@H](O)[C@H](O)[C@H]1O. The lowest BCUT2D eigenvalue weighted by atomic mass is 9.99.